The maximum Gasteiger partial charge on any atom is 0.270 e. The van der Waals surface area contributed by atoms with Gasteiger partial charge in [0.05, 0.1) is 19.4 Å². The molecule has 2 N–H and O–H groups in total. The van der Waals surface area contributed by atoms with Gasteiger partial charge in [0, 0.05) is 18.2 Å². The molecule has 1 aromatic heterocycles. The average Bonchev–Trinajstić information content (AvgIpc) is 2.73. The fourth-order valence-corrected chi connectivity index (χ4v) is 2.85. The first-order valence-corrected chi connectivity index (χ1v) is 9.35. The zero-order valence-corrected chi connectivity index (χ0v) is 16.7. The van der Waals surface area contributed by atoms with Gasteiger partial charge in [0.1, 0.15) is 28.8 Å². The topological polar surface area (TPSA) is 85.4 Å². The van der Waals surface area contributed by atoms with Gasteiger partial charge in [0.2, 0.25) is 0 Å². The van der Waals surface area contributed by atoms with E-state index in [2.05, 4.69) is 20.6 Å². The van der Waals surface area contributed by atoms with Crippen LogP contribution < -0.4 is 20.1 Å². The van der Waals surface area contributed by atoms with E-state index in [9.17, 15) is 4.79 Å². The number of aryl methyl sites for hydroxylation is 1. The minimum Gasteiger partial charge on any atom is -0.496 e. The summed E-state index contributed by atoms with van der Waals surface area (Å²) in [6.45, 7) is 4.56. The van der Waals surface area contributed by atoms with Gasteiger partial charge in [-0.3, -0.25) is 4.79 Å². The van der Waals surface area contributed by atoms with Crippen LogP contribution in [0.4, 0.5) is 11.5 Å². The lowest BCUT2D eigenvalue weighted by molar-refractivity contribution is 0.0945. The summed E-state index contributed by atoms with van der Waals surface area (Å²) in [5, 5.41) is 6.09. The summed E-state index contributed by atoms with van der Waals surface area (Å²) < 4.78 is 10.9. The highest BCUT2D eigenvalue weighted by Crippen LogP contribution is 2.27. The molecule has 0 saturated heterocycles. The Bertz CT molecular complexity index is 991. The molecule has 0 saturated carbocycles. The molecule has 3 aromatic rings. The minimum atomic E-state index is -0.289. The van der Waals surface area contributed by atoms with Crippen molar-refractivity contribution in [1.29, 1.82) is 0 Å². The molecule has 0 radical (unpaired) electrons. The first kappa shape index (κ1) is 20.1. The van der Waals surface area contributed by atoms with Crippen LogP contribution in [0.15, 0.2) is 54.6 Å². The molecule has 0 aliphatic heterocycles. The lowest BCUT2D eigenvalue weighted by Gasteiger charge is -2.13. The SMILES string of the molecule is CCOc1ccccc1Nc1cc(C(=O)NCc2ccccc2OC)nc(C)n1. The summed E-state index contributed by atoms with van der Waals surface area (Å²) in [4.78, 5) is 21.3. The second kappa shape index (κ2) is 9.54. The van der Waals surface area contributed by atoms with Gasteiger partial charge in [0.15, 0.2) is 0 Å². The molecular weight excluding hydrogens is 368 g/mol. The Morgan fingerprint density at radius 1 is 1.03 bits per heavy atom. The van der Waals surface area contributed by atoms with Crippen LogP contribution in [-0.4, -0.2) is 29.6 Å². The van der Waals surface area contributed by atoms with Crippen molar-refractivity contribution in [2.24, 2.45) is 0 Å². The Labute approximate surface area is 170 Å². The van der Waals surface area contributed by atoms with Crippen molar-refractivity contribution in [1.82, 2.24) is 15.3 Å². The zero-order valence-electron chi connectivity index (χ0n) is 16.7. The lowest BCUT2D eigenvalue weighted by atomic mass is 10.2. The van der Waals surface area contributed by atoms with E-state index in [1.165, 1.54) is 0 Å². The normalized spacial score (nSPS) is 10.3. The van der Waals surface area contributed by atoms with E-state index in [1.807, 2.05) is 55.5 Å². The summed E-state index contributed by atoms with van der Waals surface area (Å²) in [5.74, 6) is 2.16. The van der Waals surface area contributed by atoms with E-state index >= 15 is 0 Å². The molecule has 1 amide bonds. The molecule has 3 rings (SSSR count). The highest BCUT2D eigenvalue weighted by atomic mass is 16.5. The predicted octanol–water partition coefficient (Wildman–Crippen LogP) is 3.87. The molecule has 0 unspecified atom stereocenters. The maximum atomic E-state index is 12.6. The van der Waals surface area contributed by atoms with Crippen LogP contribution in [0.2, 0.25) is 0 Å². The zero-order chi connectivity index (χ0) is 20.6. The van der Waals surface area contributed by atoms with Gasteiger partial charge in [0.25, 0.3) is 5.91 Å². The van der Waals surface area contributed by atoms with Crippen LogP contribution in [0.1, 0.15) is 28.8 Å². The first-order chi connectivity index (χ1) is 14.1. The van der Waals surface area contributed by atoms with Crippen molar-refractivity contribution in [3.63, 3.8) is 0 Å². The quantitative estimate of drug-likeness (QED) is 0.605. The third-order valence-corrected chi connectivity index (χ3v) is 4.15. The van der Waals surface area contributed by atoms with Gasteiger partial charge in [-0.2, -0.15) is 0 Å². The van der Waals surface area contributed by atoms with Crippen LogP contribution in [0.25, 0.3) is 0 Å². The maximum absolute atomic E-state index is 12.6. The van der Waals surface area contributed by atoms with Crippen LogP contribution in [0.3, 0.4) is 0 Å². The number of amides is 1. The molecule has 0 fully saturated rings. The molecule has 0 bridgehead atoms. The van der Waals surface area contributed by atoms with E-state index in [1.54, 1.807) is 20.1 Å². The molecule has 0 atom stereocenters. The number of rotatable bonds is 8. The summed E-state index contributed by atoms with van der Waals surface area (Å²) in [6.07, 6.45) is 0. The molecule has 29 heavy (non-hydrogen) atoms. The third-order valence-electron chi connectivity index (χ3n) is 4.15. The van der Waals surface area contributed by atoms with Crippen molar-refractivity contribution in [3.05, 3.63) is 71.7 Å². The Kier molecular flexibility index (Phi) is 6.63. The molecular formula is C22H24N4O3. The Balaban J connectivity index is 1.76. The minimum absolute atomic E-state index is 0.281. The molecule has 2 aromatic carbocycles. The summed E-state index contributed by atoms with van der Waals surface area (Å²) in [5.41, 5.74) is 1.94. The highest BCUT2D eigenvalue weighted by molar-refractivity contribution is 5.93. The second-order valence-corrected chi connectivity index (χ2v) is 6.23. The van der Waals surface area contributed by atoms with Gasteiger partial charge >= 0.3 is 0 Å². The molecule has 0 aliphatic rings. The number of hydrogen-bond acceptors (Lipinski definition) is 6. The number of ether oxygens (including phenoxy) is 2. The lowest BCUT2D eigenvalue weighted by Crippen LogP contribution is -2.24. The van der Waals surface area contributed by atoms with Gasteiger partial charge < -0.3 is 20.1 Å². The van der Waals surface area contributed by atoms with Crippen molar-refractivity contribution in [3.8, 4) is 11.5 Å². The number of carbonyl (C=O) groups is 1. The first-order valence-electron chi connectivity index (χ1n) is 9.35. The fraction of sp³-hybridized carbons (Fsp3) is 0.227. The van der Waals surface area contributed by atoms with Crippen molar-refractivity contribution in [2.45, 2.75) is 20.4 Å². The van der Waals surface area contributed by atoms with E-state index in [-0.39, 0.29) is 11.6 Å². The van der Waals surface area contributed by atoms with E-state index in [4.69, 9.17) is 9.47 Å². The van der Waals surface area contributed by atoms with Crippen molar-refractivity contribution in [2.75, 3.05) is 19.0 Å². The van der Waals surface area contributed by atoms with Crippen LogP contribution >= 0.6 is 0 Å². The predicted molar refractivity (Wildman–Crippen MR) is 112 cm³/mol. The Morgan fingerprint density at radius 2 is 1.76 bits per heavy atom. The number of benzene rings is 2. The van der Waals surface area contributed by atoms with Crippen LogP contribution in [-0.2, 0) is 6.54 Å². The van der Waals surface area contributed by atoms with E-state index in [0.29, 0.717) is 30.5 Å². The third kappa shape index (κ3) is 5.22. The van der Waals surface area contributed by atoms with Gasteiger partial charge in [-0.05, 0) is 32.0 Å². The number of nitrogens with one attached hydrogen (secondary N) is 2. The fourth-order valence-electron chi connectivity index (χ4n) is 2.85. The summed E-state index contributed by atoms with van der Waals surface area (Å²) in [7, 11) is 1.60. The molecule has 150 valence electrons. The Morgan fingerprint density at radius 3 is 2.52 bits per heavy atom. The van der Waals surface area contributed by atoms with Crippen molar-refractivity contribution >= 4 is 17.4 Å². The number of anilines is 2. The molecule has 0 aliphatic carbocycles. The molecule has 0 spiro atoms. The number of aromatic nitrogens is 2. The van der Waals surface area contributed by atoms with E-state index in [0.717, 1.165) is 17.0 Å². The number of nitrogens with zero attached hydrogens (tertiary/aromatic N) is 2. The Hall–Kier alpha value is -3.61. The number of methoxy groups -OCH3 is 1. The molecule has 1 heterocycles. The largest absolute Gasteiger partial charge is 0.496 e. The molecule has 7 heteroatoms. The number of carbonyl (C=O) groups excluding carboxylic acids is 1. The standard InChI is InChI=1S/C22H24N4O3/c1-4-29-20-12-8-6-10-17(20)26-21-13-18(24-15(2)25-21)22(27)23-14-16-9-5-7-11-19(16)28-3/h5-13H,4,14H2,1-3H3,(H,23,27)(H,24,25,26). The smallest absolute Gasteiger partial charge is 0.270 e. The van der Waals surface area contributed by atoms with Gasteiger partial charge in [-0.15, -0.1) is 0 Å². The van der Waals surface area contributed by atoms with Gasteiger partial charge in [-0.1, -0.05) is 30.3 Å². The van der Waals surface area contributed by atoms with E-state index < -0.39 is 0 Å². The summed E-state index contributed by atoms with van der Waals surface area (Å²) in [6, 6.07) is 16.7. The average molecular weight is 392 g/mol. The van der Waals surface area contributed by atoms with Gasteiger partial charge in [-0.25, -0.2) is 9.97 Å². The molecule has 7 nitrogen and oxygen atoms in total. The summed E-state index contributed by atoms with van der Waals surface area (Å²) >= 11 is 0. The highest BCUT2D eigenvalue weighted by Gasteiger charge is 2.13. The van der Waals surface area contributed by atoms with Crippen LogP contribution in [0, 0.1) is 6.92 Å². The second-order valence-electron chi connectivity index (χ2n) is 6.23. The number of hydrogen-bond donors (Lipinski definition) is 2. The van der Waals surface area contributed by atoms with Crippen LogP contribution in [0.5, 0.6) is 11.5 Å². The number of para-hydroxylation sites is 3. The monoisotopic (exact) mass is 392 g/mol. The van der Waals surface area contributed by atoms with Crippen molar-refractivity contribution < 1.29 is 14.3 Å².